The monoisotopic (exact) mass is 322 g/mol. The molecule has 0 amide bonds. The van der Waals surface area contributed by atoms with Gasteiger partial charge in [-0.15, -0.1) is 0 Å². The van der Waals surface area contributed by atoms with Gasteiger partial charge in [0.15, 0.2) is 0 Å². The SMILES string of the molecule is COc1ccc(CCC(=O)Cc2ccc(Cl)cc2Cl)cc1. The second-order valence-electron chi connectivity index (χ2n) is 4.80. The number of hydrogen-bond donors (Lipinski definition) is 0. The van der Waals surface area contributed by atoms with Crippen molar-refractivity contribution in [2.24, 2.45) is 0 Å². The van der Waals surface area contributed by atoms with E-state index in [9.17, 15) is 4.79 Å². The summed E-state index contributed by atoms with van der Waals surface area (Å²) in [5, 5.41) is 1.12. The third-order valence-corrected chi connectivity index (χ3v) is 3.84. The van der Waals surface area contributed by atoms with Crippen molar-refractivity contribution in [2.45, 2.75) is 19.3 Å². The van der Waals surface area contributed by atoms with Crippen LogP contribution in [0.1, 0.15) is 17.5 Å². The maximum absolute atomic E-state index is 12.0. The minimum atomic E-state index is 0.162. The van der Waals surface area contributed by atoms with Gasteiger partial charge in [0, 0.05) is 22.9 Å². The summed E-state index contributed by atoms with van der Waals surface area (Å²) in [5.74, 6) is 0.980. The number of hydrogen-bond acceptors (Lipinski definition) is 2. The summed E-state index contributed by atoms with van der Waals surface area (Å²) in [4.78, 5) is 12.0. The Balaban J connectivity index is 1.89. The molecule has 0 heterocycles. The van der Waals surface area contributed by atoms with E-state index in [1.807, 2.05) is 24.3 Å². The summed E-state index contributed by atoms with van der Waals surface area (Å²) < 4.78 is 5.10. The summed E-state index contributed by atoms with van der Waals surface area (Å²) in [5.41, 5.74) is 1.94. The largest absolute Gasteiger partial charge is 0.497 e. The molecule has 0 aliphatic carbocycles. The minimum absolute atomic E-state index is 0.162. The maximum Gasteiger partial charge on any atom is 0.137 e. The van der Waals surface area contributed by atoms with E-state index in [4.69, 9.17) is 27.9 Å². The molecule has 4 heteroatoms. The Morgan fingerprint density at radius 3 is 2.43 bits per heavy atom. The number of benzene rings is 2. The van der Waals surface area contributed by atoms with Crippen LogP contribution in [0.5, 0.6) is 5.75 Å². The average Bonchev–Trinajstić information content (AvgIpc) is 2.48. The highest BCUT2D eigenvalue weighted by Gasteiger charge is 2.08. The lowest BCUT2D eigenvalue weighted by molar-refractivity contribution is -0.118. The first-order valence-electron chi connectivity index (χ1n) is 6.67. The van der Waals surface area contributed by atoms with Crippen molar-refractivity contribution in [1.82, 2.24) is 0 Å². The van der Waals surface area contributed by atoms with Crippen LogP contribution in [0, 0.1) is 0 Å². The molecule has 2 nitrogen and oxygen atoms in total. The highest BCUT2D eigenvalue weighted by atomic mass is 35.5. The molecule has 0 aliphatic heterocycles. The zero-order chi connectivity index (χ0) is 15.2. The highest BCUT2D eigenvalue weighted by molar-refractivity contribution is 6.35. The Morgan fingerprint density at radius 2 is 1.81 bits per heavy atom. The Morgan fingerprint density at radius 1 is 1.10 bits per heavy atom. The fourth-order valence-electron chi connectivity index (χ4n) is 2.04. The molecule has 110 valence electrons. The van der Waals surface area contributed by atoms with Gasteiger partial charge in [0.05, 0.1) is 7.11 Å². The lowest BCUT2D eigenvalue weighted by Gasteiger charge is -2.05. The first-order chi connectivity index (χ1) is 10.1. The molecular formula is C17H16Cl2O2. The lowest BCUT2D eigenvalue weighted by atomic mass is 10.0. The van der Waals surface area contributed by atoms with Gasteiger partial charge >= 0.3 is 0 Å². The van der Waals surface area contributed by atoms with Crippen LogP contribution in [-0.4, -0.2) is 12.9 Å². The van der Waals surface area contributed by atoms with Gasteiger partial charge in [-0.05, 0) is 41.8 Å². The molecule has 0 radical (unpaired) electrons. The van der Waals surface area contributed by atoms with Crippen molar-refractivity contribution in [1.29, 1.82) is 0 Å². The molecule has 0 fully saturated rings. The Bertz CT molecular complexity index is 621. The van der Waals surface area contributed by atoms with Gasteiger partial charge in [-0.2, -0.15) is 0 Å². The standard InChI is InChI=1S/C17H16Cl2O2/c1-21-16-8-3-12(4-9-16)2-7-15(20)10-13-5-6-14(18)11-17(13)19/h3-6,8-9,11H,2,7,10H2,1H3. The number of halogens is 2. The predicted molar refractivity (Wildman–Crippen MR) is 86.5 cm³/mol. The van der Waals surface area contributed by atoms with Crippen LogP contribution < -0.4 is 4.74 Å². The molecule has 0 aromatic heterocycles. The molecule has 0 aliphatic rings. The first-order valence-corrected chi connectivity index (χ1v) is 7.42. The van der Waals surface area contributed by atoms with E-state index in [1.54, 1.807) is 25.3 Å². The van der Waals surface area contributed by atoms with Crippen LogP contribution in [-0.2, 0) is 17.6 Å². The van der Waals surface area contributed by atoms with Gasteiger partial charge in [0.25, 0.3) is 0 Å². The van der Waals surface area contributed by atoms with E-state index in [2.05, 4.69) is 0 Å². The second kappa shape index (κ2) is 7.48. The molecule has 0 unspecified atom stereocenters. The molecule has 2 aromatic carbocycles. The van der Waals surface area contributed by atoms with E-state index in [-0.39, 0.29) is 5.78 Å². The third kappa shape index (κ3) is 4.76. The van der Waals surface area contributed by atoms with Gasteiger partial charge in [0.1, 0.15) is 11.5 Å². The molecule has 0 spiro atoms. The Hall–Kier alpha value is -1.51. The van der Waals surface area contributed by atoms with Crippen molar-refractivity contribution in [3.63, 3.8) is 0 Å². The number of carbonyl (C=O) groups excluding carboxylic acids is 1. The lowest BCUT2D eigenvalue weighted by Crippen LogP contribution is -2.04. The van der Waals surface area contributed by atoms with Crippen molar-refractivity contribution < 1.29 is 9.53 Å². The van der Waals surface area contributed by atoms with Crippen LogP contribution in [0.4, 0.5) is 0 Å². The molecule has 0 N–H and O–H groups in total. The van der Waals surface area contributed by atoms with Gasteiger partial charge in [-0.3, -0.25) is 4.79 Å². The van der Waals surface area contributed by atoms with Crippen molar-refractivity contribution >= 4 is 29.0 Å². The summed E-state index contributed by atoms with van der Waals surface area (Å²) in [7, 11) is 1.63. The molecule has 2 rings (SSSR count). The minimum Gasteiger partial charge on any atom is -0.497 e. The number of ether oxygens (including phenoxy) is 1. The summed E-state index contributed by atoms with van der Waals surface area (Å²) in [6.45, 7) is 0. The quantitative estimate of drug-likeness (QED) is 0.767. The summed E-state index contributed by atoms with van der Waals surface area (Å²) in [6.07, 6.45) is 1.55. The smallest absolute Gasteiger partial charge is 0.137 e. The molecule has 0 bridgehead atoms. The maximum atomic E-state index is 12.0. The van der Waals surface area contributed by atoms with Crippen LogP contribution in [0.3, 0.4) is 0 Å². The normalized spacial score (nSPS) is 10.4. The van der Waals surface area contributed by atoms with Crippen LogP contribution in [0.15, 0.2) is 42.5 Å². The number of aryl methyl sites for hydroxylation is 1. The Kier molecular flexibility index (Phi) is 5.66. The van der Waals surface area contributed by atoms with Crippen molar-refractivity contribution in [3.8, 4) is 5.75 Å². The van der Waals surface area contributed by atoms with Gasteiger partial charge in [0.2, 0.25) is 0 Å². The summed E-state index contributed by atoms with van der Waals surface area (Å²) >= 11 is 11.9. The third-order valence-electron chi connectivity index (χ3n) is 3.25. The van der Waals surface area contributed by atoms with Gasteiger partial charge < -0.3 is 4.74 Å². The number of carbonyl (C=O) groups is 1. The molecule has 2 aromatic rings. The number of Topliss-reactive ketones (excluding diaryl/α,β-unsaturated/α-hetero) is 1. The number of ketones is 1. The van der Waals surface area contributed by atoms with E-state index in [1.165, 1.54) is 0 Å². The van der Waals surface area contributed by atoms with Crippen molar-refractivity contribution in [2.75, 3.05) is 7.11 Å². The van der Waals surface area contributed by atoms with E-state index in [0.717, 1.165) is 16.9 Å². The highest BCUT2D eigenvalue weighted by Crippen LogP contribution is 2.22. The first kappa shape index (κ1) is 15.9. The zero-order valence-electron chi connectivity index (χ0n) is 11.7. The molecule has 0 saturated carbocycles. The average molecular weight is 323 g/mol. The van der Waals surface area contributed by atoms with E-state index in [0.29, 0.717) is 29.3 Å². The van der Waals surface area contributed by atoms with Crippen LogP contribution in [0.25, 0.3) is 0 Å². The van der Waals surface area contributed by atoms with Crippen LogP contribution in [0.2, 0.25) is 10.0 Å². The van der Waals surface area contributed by atoms with Gasteiger partial charge in [-0.25, -0.2) is 0 Å². The number of methoxy groups -OCH3 is 1. The topological polar surface area (TPSA) is 26.3 Å². The fourth-order valence-corrected chi connectivity index (χ4v) is 2.52. The molecule has 0 atom stereocenters. The molecule has 21 heavy (non-hydrogen) atoms. The van der Waals surface area contributed by atoms with E-state index >= 15 is 0 Å². The summed E-state index contributed by atoms with van der Waals surface area (Å²) in [6, 6.07) is 13.0. The fraction of sp³-hybridized carbons (Fsp3) is 0.235. The van der Waals surface area contributed by atoms with Crippen LogP contribution >= 0.6 is 23.2 Å². The Labute approximate surface area is 134 Å². The predicted octanol–water partition coefficient (Wildman–Crippen LogP) is 4.75. The number of rotatable bonds is 6. The van der Waals surface area contributed by atoms with Crippen molar-refractivity contribution in [3.05, 3.63) is 63.6 Å². The van der Waals surface area contributed by atoms with Gasteiger partial charge in [-0.1, -0.05) is 41.4 Å². The van der Waals surface area contributed by atoms with E-state index < -0.39 is 0 Å². The zero-order valence-corrected chi connectivity index (χ0v) is 13.2. The second-order valence-corrected chi connectivity index (χ2v) is 5.64. The molecule has 0 saturated heterocycles. The molecular weight excluding hydrogens is 307 g/mol.